The molecule has 0 bridgehead atoms. The zero-order valence-corrected chi connectivity index (χ0v) is 13.3. The van der Waals surface area contributed by atoms with Crippen molar-refractivity contribution in [3.63, 3.8) is 0 Å². The van der Waals surface area contributed by atoms with Gasteiger partial charge in [-0.3, -0.25) is 4.90 Å². The van der Waals surface area contributed by atoms with Crippen LogP contribution in [0.4, 0.5) is 11.8 Å². The van der Waals surface area contributed by atoms with Gasteiger partial charge in [-0.15, -0.1) is 0 Å². The Morgan fingerprint density at radius 3 is 2.82 bits per heavy atom. The molecule has 122 valence electrons. The second-order valence-corrected chi connectivity index (χ2v) is 6.04. The minimum absolute atomic E-state index is 0.183. The van der Waals surface area contributed by atoms with Crippen molar-refractivity contribution >= 4 is 23.4 Å². The SMILES string of the molecule is Nc1nc(Cl)cc(NC[C@H]([C@H]2CCOC2)N2CCOCC2)n1. The summed E-state index contributed by atoms with van der Waals surface area (Å²) in [6.07, 6.45) is 1.09. The fourth-order valence-electron chi connectivity index (χ4n) is 3.09. The van der Waals surface area contributed by atoms with Gasteiger partial charge in [0.15, 0.2) is 0 Å². The highest BCUT2D eigenvalue weighted by Crippen LogP contribution is 2.23. The number of rotatable bonds is 5. The zero-order chi connectivity index (χ0) is 15.4. The molecule has 22 heavy (non-hydrogen) atoms. The van der Waals surface area contributed by atoms with E-state index < -0.39 is 0 Å². The summed E-state index contributed by atoms with van der Waals surface area (Å²) in [6.45, 7) is 5.92. The number of nitrogens with two attached hydrogens (primary N) is 1. The monoisotopic (exact) mass is 327 g/mol. The fraction of sp³-hybridized carbons (Fsp3) is 0.714. The molecule has 2 fully saturated rings. The molecule has 7 nitrogen and oxygen atoms in total. The van der Waals surface area contributed by atoms with Crippen LogP contribution in [0.1, 0.15) is 6.42 Å². The van der Waals surface area contributed by atoms with E-state index in [1.54, 1.807) is 6.07 Å². The number of anilines is 2. The van der Waals surface area contributed by atoms with Gasteiger partial charge in [-0.1, -0.05) is 11.6 Å². The third kappa shape index (κ3) is 3.98. The molecule has 2 atom stereocenters. The van der Waals surface area contributed by atoms with Crippen molar-refractivity contribution in [3.8, 4) is 0 Å². The lowest BCUT2D eigenvalue weighted by molar-refractivity contribution is 0.00460. The van der Waals surface area contributed by atoms with Crippen molar-refractivity contribution in [1.29, 1.82) is 0 Å². The number of nitrogens with one attached hydrogen (secondary N) is 1. The van der Waals surface area contributed by atoms with E-state index in [-0.39, 0.29) is 5.95 Å². The van der Waals surface area contributed by atoms with E-state index in [1.165, 1.54) is 0 Å². The minimum Gasteiger partial charge on any atom is -0.381 e. The number of ether oxygens (including phenoxy) is 2. The fourth-order valence-corrected chi connectivity index (χ4v) is 3.28. The number of halogens is 1. The highest BCUT2D eigenvalue weighted by molar-refractivity contribution is 6.29. The van der Waals surface area contributed by atoms with E-state index in [4.69, 9.17) is 26.8 Å². The number of nitrogen functional groups attached to an aromatic ring is 1. The molecule has 3 rings (SSSR count). The van der Waals surface area contributed by atoms with Gasteiger partial charge in [0.05, 0.1) is 19.8 Å². The van der Waals surface area contributed by atoms with Crippen LogP contribution in [0.3, 0.4) is 0 Å². The molecule has 0 saturated carbocycles. The van der Waals surface area contributed by atoms with Crippen LogP contribution in [0.15, 0.2) is 6.07 Å². The first-order valence-electron chi connectivity index (χ1n) is 7.66. The molecule has 8 heteroatoms. The lowest BCUT2D eigenvalue weighted by atomic mass is 9.97. The highest BCUT2D eigenvalue weighted by Gasteiger charge is 2.31. The van der Waals surface area contributed by atoms with Gasteiger partial charge < -0.3 is 20.5 Å². The summed E-state index contributed by atoms with van der Waals surface area (Å²) in [6, 6.07) is 2.08. The molecule has 3 N–H and O–H groups in total. The number of morpholine rings is 1. The Bertz CT molecular complexity index is 472. The van der Waals surface area contributed by atoms with Crippen LogP contribution in [0, 0.1) is 5.92 Å². The molecule has 2 saturated heterocycles. The van der Waals surface area contributed by atoms with Crippen molar-refractivity contribution in [3.05, 3.63) is 11.2 Å². The summed E-state index contributed by atoms with van der Waals surface area (Å²) < 4.78 is 11.0. The van der Waals surface area contributed by atoms with Crippen molar-refractivity contribution < 1.29 is 9.47 Å². The molecule has 3 heterocycles. The number of hydrogen-bond acceptors (Lipinski definition) is 7. The van der Waals surface area contributed by atoms with Crippen LogP contribution in [-0.2, 0) is 9.47 Å². The van der Waals surface area contributed by atoms with Crippen molar-refractivity contribution in [2.75, 3.05) is 57.1 Å². The molecule has 1 aromatic rings. The molecule has 0 spiro atoms. The Kier molecular flexibility index (Phi) is 5.30. The first-order chi connectivity index (χ1) is 10.7. The number of nitrogens with zero attached hydrogens (tertiary/aromatic N) is 3. The van der Waals surface area contributed by atoms with Crippen LogP contribution >= 0.6 is 11.6 Å². The van der Waals surface area contributed by atoms with Gasteiger partial charge >= 0.3 is 0 Å². The zero-order valence-electron chi connectivity index (χ0n) is 12.5. The highest BCUT2D eigenvalue weighted by atomic mass is 35.5. The Labute approximate surface area is 135 Å². The van der Waals surface area contributed by atoms with Gasteiger partial charge in [0.1, 0.15) is 11.0 Å². The van der Waals surface area contributed by atoms with E-state index in [0.717, 1.165) is 52.5 Å². The second kappa shape index (κ2) is 7.41. The van der Waals surface area contributed by atoms with Crippen molar-refractivity contribution in [1.82, 2.24) is 14.9 Å². The molecule has 0 aliphatic carbocycles. The largest absolute Gasteiger partial charge is 0.381 e. The van der Waals surface area contributed by atoms with E-state index in [2.05, 4.69) is 20.2 Å². The maximum Gasteiger partial charge on any atom is 0.223 e. The first kappa shape index (κ1) is 15.7. The summed E-state index contributed by atoms with van der Waals surface area (Å²) in [4.78, 5) is 10.5. The Morgan fingerprint density at radius 1 is 1.32 bits per heavy atom. The summed E-state index contributed by atoms with van der Waals surface area (Å²) in [7, 11) is 0. The van der Waals surface area contributed by atoms with Crippen LogP contribution in [0.25, 0.3) is 0 Å². The normalized spacial score (nSPS) is 24.3. The predicted molar refractivity (Wildman–Crippen MR) is 85.1 cm³/mol. The summed E-state index contributed by atoms with van der Waals surface area (Å²) in [5.41, 5.74) is 5.64. The first-order valence-corrected chi connectivity index (χ1v) is 8.03. The second-order valence-electron chi connectivity index (χ2n) is 5.65. The molecular formula is C14H22ClN5O2. The maximum atomic E-state index is 5.92. The summed E-state index contributed by atoms with van der Waals surface area (Å²) in [5, 5.41) is 3.70. The molecule has 2 aliphatic rings. The maximum absolute atomic E-state index is 5.92. The van der Waals surface area contributed by atoms with Gasteiger partial charge in [0.2, 0.25) is 5.95 Å². The Hall–Kier alpha value is -1.15. The van der Waals surface area contributed by atoms with Gasteiger partial charge in [0.25, 0.3) is 0 Å². The molecule has 2 aliphatic heterocycles. The molecule has 0 unspecified atom stereocenters. The Morgan fingerprint density at radius 2 is 2.14 bits per heavy atom. The lowest BCUT2D eigenvalue weighted by Crippen LogP contribution is -2.50. The van der Waals surface area contributed by atoms with Gasteiger partial charge in [0, 0.05) is 44.3 Å². The minimum atomic E-state index is 0.183. The van der Waals surface area contributed by atoms with E-state index in [1.807, 2.05) is 0 Å². The summed E-state index contributed by atoms with van der Waals surface area (Å²) in [5.74, 6) is 1.37. The third-order valence-corrected chi connectivity index (χ3v) is 4.42. The van der Waals surface area contributed by atoms with E-state index in [0.29, 0.717) is 22.9 Å². The standard InChI is InChI=1S/C14H22ClN5O2/c15-12-7-13(19-14(16)18-12)17-8-11(10-1-4-22-9-10)20-2-5-21-6-3-20/h7,10-11H,1-6,8-9H2,(H3,16,17,18,19)/t10-,11+/m0/s1. The van der Waals surface area contributed by atoms with Crippen molar-refractivity contribution in [2.24, 2.45) is 5.92 Å². The molecule has 0 radical (unpaired) electrons. The molecule has 1 aromatic heterocycles. The van der Waals surface area contributed by atoms with Crippen molar-refractivity contribution in [2.45, 2.75) is 12.5 Å². The average molecular weight is 328 g/mol. The molecule has 0 amide bonds. The van der Waals surface area contributed by atoms with Gasteiger partial charge in [-0.25, -0.2) is 4.98 Å². The van der Waals surface area contributed by atoms with Crippen LogP contribution in [0.5, 0.6) is 0 Å². The van der Waals surface area contributed by atoms with E-state index >= 15 is 0 Å². The Balaban J connectivity index is 1.66. The average Bonchev–Trinajstić information content (AvgIpc) is 3.02. The molecule has 0 aromatic carbocycles. The lowest BCUT2D eigenvalue weighted by Gasteiger charge is -2.37. The number of aromatic nitrogens is 2. The van der Waals surface area contributed by atoms with Crippen LogP contribution in [0.2, 0.25) is 5.15 Å². The van der Waals surface area contributed by atoms with Gasteiger partial charge in [-0.05, 0) is 6.42 Å². The smallest absolute Gasteiger partial charge is 0.223 e. The topological polar surface area (TPSA) is 85.5 Å². The van der Waals surface area contributed by atoms with Crippen LogP contribution < -0.4 is 11.1 Å². The van der Waals surface area contributed by atoms with Gasteiger partial charge in [-0.2, -0.15) is 4.98 Å². The van der Waals surface area contributed by atoms with Crippen LogP contribution in [-0.4, -0.2) is 67.0 Å². The summed E-state index contributed by atoms with van der Waals surface area (Å²) >= 11 is 5.92. The third-order valence-electron chi connectivity index (χ3n) is 4.23. The number of hydrogen-bond donors (Lipinski definition) is 2. The quantitative estimate of drug-likeness (QED) is 0.776. The van der Waals surface area contributed by atoms with E-state index in [9.17, 15) is 0 Å². The predicted octanol–water partition coefficient (Wildman–Crippen LogP) is 0.861. The molecular weight excluding hydrogens is 306 g/mol.